The fourth-order valence-electron chi connectivity index (χ4n) is 7.22. The van der Waals surface area contributed by atoms with Crippen LogP contribution in [0.2, 0.25) is 0 Å². The molecule has 0 atom stereocenters. The van der Waals surface area contributed by atoms with Gasteiger partial charge in [-0.3, -0.25) is 0 Å². The molecule has 0 radical (unpaired) electrons. The quantitative estimate of drug-likeness (QED) is 0.229. The molecule has 0 bridgehead atoms. The first-order valence-electron chi connectivity index (χ1n) is 14.7. The van der Waals surface area contributed by atoms with Crippen molar-refractivity contribution in [2.75, 3.05) is 0 Å². The molecule has 200 valence electrons. The van der Waals surface area contributed by atoms with E-state index < -0.39 is 0 Å². The SMILES string of the molecule is c1ccc(-c2ccc3c(c2)c2ccccc2n3-c2cc3oc4c(ccc5c6ccccc6[nH]c54)c3c3ccccc23)cc1. The Kier molecular flexibility index (Phi) is 4.45. The highest BCUT2D eigenvalue weighted by atomic mass is 16.3. The Hall–Kier alpha value is -5.80. The van der Waals surface area contributed by atoms with Crippen LogP contribution >= 0.6 is 0 Å². The molecule has 43 heavy (non-hydrogen) atoms. The van der Waals surface area contributed by atoms with Crippen LogP contribution in [0.5, 0.6) is 0 Å². The van der Waals surface area contributed by atoms with Crippen molar-refractivity contribution in [1.29, 1.82) is 0 Å². The predicted molar refractivity (Wildman–Crippen MR) is 180 cm³/mol. The van der Waals surface area contributed by atoms with Crippen LogP contribution in [0, 0.1) is 0 Å². The van der Waals surface area contributed by atoms with Gasteiger partial charge in [-0.15, -0.1) is 0 Å². The summed E-state index contributed by atoms with van der Waals surface area (Å²) in [5.41, 5.74) is 9.88. The summed E-state index contributed by atoms with van der Waals surface area (Å²) in [6, 6.07) is 50.0. The highest BCUT2D eigenvalue weighted by molar-refractivity contribution is 6.26. The molecule has 0 aliphatic heterocycles. The van der Waals surface area contributed by atoms with E-state index in [-0.39, 0.29) is 0 Å². The molecule has 1 N–H and O–H groups in total. The fraction of sp³-hybridized carbons (Fsp3) is 0. The van der Waals surface area contributed by atoms with Gasteiger partial charge in [-0.05, 0) is 46.8 Å². The molecule has 3 heterocycles. The summed E-state index contributed by atoms with van der Waals surface area (Å²) < 4.78 is 9.21. The maximum atomic E-state index is 6.80. The van der Waals surface area contributed by atoms with E-state index in [0.29, 0.717) is 0 Å². The molecule has 10 rings (SSSR count). The minimum absolute atomic E-state index is 0.890. The molecule has 0 fully saturated rings. The molecule has 0 amide bonds. The highest BCUT2D eigenvalue weighted by Crippen LogP contribution is 2.43. The molecular formula is C40H24N2O. The molecule has 0 saturated carbocycles. The zero-order valence-corrected chi connectivity index (χ0v) is 23.1. The molecule has 3 aromatic heterocycles. The topological polar surface area (TPSA) is 33.9 Å². The van der Waals surface area contributed by atoms with E-state index in [1.54, 1.807) is 0 Å². The van der Waals surface area contributed by atoms with Crippen LogP contribution in [0.4, 0.5) is 0 Å². The first kappa shape index (κ1) is 22.8. The summed E-state index contributed by atoms with van der Waals surface area (Å²) >= 11 is 0. The Morgan fingerprint density at radius 1 is 0.465 bits per heavy atom. The number of fused-ring (bicyclic) bond motifs is 12. The second kappa shape index (κ2) is 8.37. The molecule has 3 heteroatoms. The Bertz CT molecular complexity index is 2720. The Morgan fingerprint density at radius 3 is 2.05 bits per heavy atom. The van der Waals surface area contributed by atoms with Crippen LogP contribution < -0.4 is 0 Å². The number of H-pyrrole nitrogens is 1. The monoisotopic (exact) mass is 548 g/mol. The van der Waals surface area contributed by atoms with Crippen LogP contribution in [0.25, 0.3) is 93.1 Å². The lowest BCUT2D eigenvalue weighted by atomic mass is 10.0. The van der Waals surface area contributed by atoms with E-state index in [4.69, 9.17) is 4.42 Å². The molecule has 10 aromatic rings. The molecular weight excluding hydrogens is 524 g/mol. The van der Waals surface area contributed by atoms with Gasteiger partial charge in [0.25, 0.3) is 0 Å². The van der Waals surface area contributed by atoms with Gasteiger partial charge in [-0.1, -0.05) is 103 Å². The van der Waals surface area contributed by atoms with E-state index >= 15 is 0 Å². The zero-order valence-electron chi connectivity index (χ0n) is 23.1. The molecule has 0 spiro atoms. The zero-order chi connectivity index (χ0) is 28.1. The third kappa shape index (κ3) is 3.08. The van der Waals surface area contributed by atoms with Gasteiger partial charge in [0.1, 0.15) is 5.58 Å². The van der Waals surface area contributed by atoms with Crippen molar-refractivity contribution in [3.05, 3.63) is 140 Å². The van der Waals surface area contributed by atoms with Gasteiger partial charge in [0.2, 0.25) is 0 Å². The van der Waals surface area contributed by atoms with Crippen LogP contribution in [0.15, 0.2) is 144 Å². The molecule has 7 aromatic carbocycles. The molecule has 0 unspecified atom stereocenters. The second-order valence-electron chi connectivity index (χ2n) is 11.4. The largest absolute Gasteiger partial charge is 0.454 e. The van der Waals surface area contributed by atoms with E-state index in [2.05, 4.69) is 149 Å². The Labute approximate surface area is 246 Å². The van der Waals surface area contributed by atoms with Crippen molar-refractivity contribution in [3.8, 4) is 16.8 Å². The summed E-state index contributed by atoms with van der Waals surface area (Å²) in [4.78, 5) is 3.64. The molecule has 0 aliphatic carbocycles. The van der Waals surface area contributed by atoms with Crippen LogP contribution in [-0.2, 0) is 0 Å². The van der Waals surface area contributed by atoms with E-state index in [1.165, 1.54) is 54.5 Å². The van der Waals surface area contributed by atoms with Crippen LogP contribution in [-0.4, -0.2) is 9.55 Å². The van der Waals surface area contributed by atoms with Crippen molar-refractivity contribution in [1.82, 2.24) is 9.55 Å². The van der Waals surface area contributed by atoms with Gasteiger partial charge in [-0.2, -0.15) is 0 Å². The fourth-order valence-corrected chi connectivity index (χ4v) is 7.22. The minimum atomic E-state index is 0.890. The first-order chi connectivity index (χ1) is 21.3. The Morgan fingerprint density at radius 2 is 1.16 bits per heavy atom. The summed E-state index contributed by atoms with van der Waals surface area (Å²) in [5.74, 6) is 0. The average molecular weight is 549 g/mol. The van der Waals surface area contributed by atoms with Crippen molar-refractivity contribution in [3.63, 3.8) is 0 Å². The van der Waals surface area contributed by atoms with E-state index in [0.717, 1.165) is 38.7 Å². The van der Waals surface area contributed by atoms with Gasteiger partial charge in [0.15, 0.2) is 5.58 Å². The third-order valence-corrected chi connectivity index (χ3v) is 9.12. The molecule has 0 aliphatic rings. The second-order valence-corrected chi connectivity index (χ2v) is 11.4. The molecule has 3 nitrogen and oxygen atoms in total. The Balaban J connectivity index is 1.32. The number of nitrogens with one attached hydrogen (secondary N) is 1. The van der Waals surface area contributed by atoms with Gasteiger partial charge < -0.3 is 14.0 Å². The summed E-state index contributed by atoms with van der Waals surface area (Å²) in [5, 5.41) is 9.55. The number of rotatable bonds is 2. The number of hydrogen-bond donors (Lipinski definition) is 1. The summed E-state index contributed by atoms with van der Waals surface area (Å²) in [6.45, 7) is 0. The maximum Gasteiger partial charge on any atom is 0.159 e. The van der Waals surface area contributed by atoms with E-state index in [9.17, 15) is 0 Å². The number of furan rings is 1. The number of benzene rings is 7. The maximum absolute atomic E-state index is 6.80. The number of nitrogens with zero attached hydrogens (tertiary/aromatic N) is 1. The number of hydrogen-bond acceptors (Lipinski definition) is 1. The average Bonchev–Trinajstić information content (AvgIpc) is 3.74. The van der Waals surface area contributed by atoms with Gasteiger partial charge in [-0.25, -0.2) is 0 Å². The van der Waals surface area contributed by atoms with Crippen LogP contribution in [0.3, 0.4) is 0 Å². The number of aromatic nitrogens is 2. The van der Waals surface area contributed by atoms with Crippen molar-refractivity contribution >= 4 is 76.3 Å². The normalized spacial score (nSPS) is 12.2. The minimum Gasteiger partial charge on any atom is -0.454 e. The third-order valence-electron chi connectivity index (χ3n) is 9.12. The lowest BCUT2D eigenvalue weighted by molar-refractivity contribution is 0.672. The van der Waals surface area contributed by atoms with Gasteiger partial charge >= 0.3 is 0 Å². The highest BCUT2D eigenvalue weighted by Gasteiger charge is 2.20. The first-order valence-corrected chi connectivity index (χ1v) is 14.7. The lowest BCUT2D eigenvalue weighted by Gasteiger charge is -2.13. The number of aromatic amines is 1. The van der Waals surface area contributed by atoms with Crippen molar-refractivity contribution < 1.29 is 4.42 Å². The van der Waals surface area contributed by atoms with E-state index in [1.807, 2.05) is 0 Å². The van der Waals surface area contributed by atoms with Crippen molar-refractivity contribution in [2.24, 2.45) is 0 Å². The number of para-hydroxylation sites is 2. The predicted octanol–water partition coefficient (Wildman–Crippen LogP) is 11.1. The van der Waals surface area contributed by atoms with Gasteiger partial charge in [0.05, 0.1) is 22.2 Å². The smallest absolute Gasteiger partial charge is 0.159 e. The van der Waals surface area contributed by atoms with Gasteiger partial charge in [0, 0.05) is 49.3 Å². The summed E-state index contributed by atoms with van der Waals surface area (Å²) in [7, 11) is 0. The van der Waals surface area contributed by atoms with Crippen molar-refractivity contribution in [2.45, 2.75) is 0 Å². The van der Waals surface area contributed by atoms with Crippen LogP contribution in [0.1, 0.15) is 0 Å². The molecule has 0 saturated heterocycles. The standard InChI is InChI=1S/C40H24N2O/c1-2-10-24(11-3-1)25-18-21-35-32(22-25)28-14-7-9-17-34(28)42(35)36-23-37-38(29-15-5-4-13-27(29)36)31-20-19-30-26-12-6-8-16-33(26)41-39(30)40(31)43-37/h1-23,41H. The lowest BCUT2D eigenvalue weighted by Crippen LogP contribution is -1.95. The summed E-state index contributed by atoms with van der Waals surface area (Å²) in [6.07, 6.45) is 0.